The predicted molar refractivity (Wildman–Crippen MR) is 107 cm³/mol. The van der Waals surface area contributed by atoms with Gasteiger partial charge in [0.2, 0.25) is 0 Å². The van der Waals surface area contributed by atoms with Crippen LogP contribution in [-0.4, -0.2) is 58.7 Å². The van der Waals surface area contributed by atoms with Gasteiger partial charge in [0.25, 0.3) is 17.4 Å². The molecule has 1 aliphatic rings. The number of Topliss-reactive ketones (excluding diaryl/α,β-unsaturated/α-hetero) is 1. The van der Waals surface area contributed by atoms with Gasteiger partial charge in [0.15, 0.2) is 0 Å². The Bertz CT molecular complexity index is 1030. The van der Waals surface area contributed by atoms with E-state index in [1.807, 2.05) is 4.90 Å². The summed E-state index contributed by atoms with van der Waals surface area (Å²) >= 11 is 0. The van der Waals surface area contributed by atoms with Crippen molar-refractivity contribution in [2.45, 2.75) is 6.04 Å². The number of hydrogen-bond acceptors (Lipinski definition) is 6. The molecule has 1 saturated heterocycles. The van der Waals surface area contributed by atoms with Crippen LogP contribution in [0.2, 0.25) is 0 Å². The van der Waals surface area contributed by atoms with Crippen molar-refractivity contribution in [2.24, 2.45) is 0 Å². The summed E-state index contributed by atoms with van der Waals surface area (Å²) in [4.78, 5) is 39.3. The van der Waals surface area contributed by atoms with E-state index in [4.69, 9.17) is 0 Å². The molecule has 30 heavy (non-hydrogen) atoms. The van der Waals surface area contributed by atoms with Gasteiger partial charge in [0.1, 0.15) is 11.6 Å². The van der Waals surface area contributed by atoms with Crippen LogP contribution in [-0.2, 0) is 9.59 Å². The van der Waals surface area contributed by atoms with Crippen molar-refractivity contribution < 1.29 is 24.0 Å². The Morgan fingerprint density at radius 3 is 2.47 bits per heavy atom. The van der Waals surface area contributed by atoms with Crippen molar-refractivity contribution in [2.75, 3.05) is 27.2 Å². The molecule has 1 fully saturated rings. The second-order valence-corrected chi connectivity index (χ2v) is 7.15. The Kier molecular flexibility index (Phi) is 5.93. The third kappa shape index (κ3) is 4.06. The molecule has 1 atom stereocenters. The summed E-state index contributed by atoms with van der Waals surface area (Å²) in [6.45, 7) is 0.611. The van der Waals surface area contributed by atoms with Gasteiger partial charge >= 0.3 is 0 Å². The van der Waals surface area contributed by atoms with Crippen molar-refractivity contribution >= 4 is 23.1 Å². The topological polar surface area (TPSA) is 104 Å². The van der Waals surface area contributed by atoms with Crippen LogP contribution in [0, 0.1) is 15.9 Å². The minimum absolute atomic E-state index is 0.164. The van der Waals surface area contributed by atoms with Crippen LogP contribution >= 0.6 is 0 Å². The van der Waals surface area contributed by atoms with Crippen LogP contribution in [0.4, 0.5) is 10.1 Å². The number of halogens is 1. The Hall–Kier alpha value is -3.59. The maximum atomic E-state index is 13.3. The molecule has 1 heterocycles. The third-order valence-electron chi connectivity index (χ3n) is 4.84. The molecule has 0 saturated carbocycles. The molecular formula is C21H20FN3O5. The summed E-state index contributed by atoms with van der Waals surface area (Å²) in [5, 5.41) is 22.0. The number of non-ortho nitro benzene ring substituents is 1. The van der Waals surface area contributed by atoms with Crippen LogP contribution < -0.4 is 0 Å². The molecule has 3 rings (SSSR count). The fraction of sp³-hybridized carbons (Fsp3) is 0.238. The van der Waals surface area contributed by atoms with E-state index in [1.165, 1.54) is 35.2 Å². The molecule has 2 aromatic carbocycles. The highest BCUT2D eigenvalue weighted by atomic mass is 19.1. The van der Waals surface area contributed by atoms with Gasteiger partial charge in [-0.15, -0.1) is 0 Å². The summed E-state index contributed by atoms with van der Waals surface area (Å²) in [7, 11) is 3.61. The number of likely N-dealkylation sites (N-methyl/N-ethyl adjacent to an activating group) is 1. The first-order valence-corrected chi connectivity index (χ1v) is 9.14. The average Bonchev–Trinajstić information content (AvgIpc) is 2.97. The van der Waals surface area contributed by atoms with Crippen molar-refractivity contribution in [3.05, 3.63) is 81.2 Å². The molecule has 9 heteroatoms. The van der Waals surface area contributed by atoms with E-state index >= 15 is 0 Å². The molecule has 1 N–H and O–H groups in total. The van der Waals surface area contributed by atoms with E-state index in [0.717, 1.165) is 12.1 Å². The first kappa shape index (κ1) is 21.1. The number of ketones is 1. The monoisotopic (exact) mass is 413 g/mol. The number of aliphatic hydroxyl groups is 1. The Morgan fingerprint density at radius 1 is 1.20 bits per heavy atom. The molecule has 1 unspecified atom stereocenters. The number of nitro benzene ring substituents is 1. The van der Waals surface area contributed by atoms with Gasteiger partial charge in [-0.25, -0.2) is 4.39 Å². The smallest absolute Gasteiger partial charge is 0.295 e. The summed E-state index contributed by atoms with van der Waals surface area (Å²) in [5.74, 6) is -2.69. The largest absolute Gasteiger partial charge is 0.507 e. The lowest BCUT2D eigenvalue weighted by Crippen LogP contribution is -2.35. The average molecular weight is 413 g/mol. The van der Waals surface area contributed by atoms with Crippen LogP contribution in [0.5, 0.6) is 0 Å². The normalized spacial score (nSPS) is 18.3. The lowest BCUT2D eigenvalue weighted by Gasteiger charge is -2.26. The quantitative estimate of drug-likeness (QED) is 0.257. The standard InChI is InChI=1S/C21H20FN3O5/c1-23(2)10-11-24-18(14-4-3-5-16(12-14)25(29)30)17(20(27)21(24)28)19(26)13-6-8-15(22)9-7-13/h3-9,12,18,26H,10-11H2,1-2H3. The number of hydrogen-bond donors (Lipinski definition) is 1. The number of likely N-dealkylation sites (tertiary alicyclic amines) is 1. The molecule has 0 aliphatic carbocycles. The Balaban J connectivity index is 2.17. The first-order valence-electron chi connectivity index (χ1n) is 9.14. The first-order chi connectivity index (χ1) is 14.2. The van der Waals surface area contributed by atoms with Gasteiger partial charge in [-0.05, 0) is 43.9 Å². The second kappa shape index (κ2) is 8.42. The van der Waals surface area contributed by atoms with E-state index in [0.29, 0.717) is 12.1 Å². The van der Waals surface area contributed by atoms with E-state index in [2.05, 4.69) is 0 Å². The molecule has 2 aromatic rings. The molecule has 8 nitrogen and oxygen atoms in total. The summed E-state index contributed by atoms with van der Waals surface area (Å²) in [5.41, 5.74) is 0.0987. The Labute approximate surface area is 172 Å². The maximum Gasteiger partial charge on any atom is 0.295 e. The van der Waals surface area contributed by atoms with E-state index in [-0.39, 0.29) is 23.4 Å². The van der Waals surface area contributed by atoms with Gasteiger partial charge in [0, 0.05) is 30.8 Å². The maximum absolute atomic E-state index is 13.3. The number of benzene rings is 2. The lowest BCUT2D eigenvalue weighted by molar-refractivity contribution is -0.384. The summed E-state index contributed by atoms with van der Waals surface area (Å²) in [6, 6.07) is 9.42. The van der Waals surface area contributed by atoms with Gasteiger partial charge in [-0.2, -0.15) is 0 Å². The fourth-order valence-electron chi connectivity index (χ4n) is 3.34. The highest BCUT2D eigenvalue weighted by Crippen LogP contribution is 2.40. The van der Waals surface area contributed by atoms with Crippen LogP contribution in [0.1, 0.15) is 17.2 Å². The number of carbonyl (C=O) groups is 2. The van der Waals surface area contributed by atoms with E-state index < -0.39 is 34.2 Å². The van der Waals surface area contributed by atoms with Gasteiger partial charge in [0.05, 0.1) is 16.5 Å². The zero-order valence-corrected chi connectivity index (χ0v) is 16.4. The lowest BCUT2D eigenvalue weighted by atomic mass is 9.95. The molecule has 1 amide bonds. The third-order valence-corrected chi connectivity index (χ3v) is 4.84. The van der Waals surface area contributed by atoms with Crippen LogP contribution in [0.25, 0.3) is 5.76 Å². The molecule has 1 aliphatic heterocycles. The summed E-state index contributed by atoms with van der Waals surface area (Å²) < 4.78 is 13.3. The van der Waals surface area contributed by atoms with Crippen molar-refractivity contribution in [1.82, 2.24) is 9.80 Å². The number of amides is 1. The van der Waals surface area contributed by atoms with Crippen LogP contribution in [0.15, 0.2) is 54.1 Å². The number of aliphatic hydroxyl groups excluding tert-OH is 1. The van der Waals surface area contributed by atoms with Gasteiger partial charge in [-0.1, -0.05) is 12.1 Å². The molecular weight excluding hydrogens is 393 g/mol. The predicted octanol–water partition coefficient (Wildman–Crippen LogP) is 2.72. The SMILES string of the molecule is CN(C)CCN1C(=O)C(=O)C(=C(O)c2ccc(F)cc2)C1c1cccc([N+](=O)[O-])c1. The van der Waals surface area contributed by atoms with Crippen molar-refractivity contribution in [3.8, 4) is 0 Å². The molecule has 0 aromatic heterocycles. The molecule has 0 radical (unpaired) electrons. The highest BCUT2D eigenvalue weighted by Gasteiger charge is 2.46. The summed E-state index contributed by atoms with van der Waals surface area (Å²) in [6.07, 6.45) is 0. The Morgan fingerprint density at radius 2 is 1.87 bits per heavy atom. The fourth-order valence-corrected chi connectivity index (χ4v) is 3.34. The minimum Gasteiger partial charge on any atom is -0.507 e. The number of nitro groups is 1. The zero-order valence-electron chi connectivity index (χ0n) is 16.4. The zero-order chi connectivity index (χ0) is 22.0. The number of nitrogens with zero attached hydrogens (tertiary/aromatic N) is 3. The molecule has 0 bridgehead atoms. The van der Waals surface area contributed by atoms with E-state index in [9.17, 15) is 29.2 Å². The molecule has 156 valence electrons. The molecule has 0 spiro atoms. The van der Waals surface area contributed by atoms with Crippen molar-refractivity contribution in [1.29, 1.82) is 0 Å². The van der Waals surface area contributed by atoms with Crippen molar-refractivity contribution in [3.63, 3.8) is 0 Å². The number of carbonyl (C=O) groups excluding carboxylic acids is 2. The number of rotatable bonds is 6. The minimum atomic E-state index is -1.00. The second-order valence-electron chi connectivity index (χ2n) is 7.15. The van der Waals surface area contributed by atoms with Crippen LogP contribution in [0.3, 0.4) is 0 Å². The van der Waals surface area contributed by atoms with E-state index in [1.54, 1.807) is 20.2 Å². The highest BCUT2D eigenvalue weighted by molar-refractivity contribution is 6.46. The van der Waals surface area contributed by atoms with Gasteiger partial charge < -0.3 is 14.9 Å². The van der Waals surface area contributed by atoms with Gasteiger partial charge in [-0.3, -0.25) is 19.7 Å².